The summed E-state index contributed by atoms with van der Waals surface area (Å²) in [5.74, 6) is -2.10. The van der Waals surface area contributed by atoms with Gasteiger partial charge in [0, 0.05) is 5.92 Å². The summed E-state index contributed by atoms with van der Waals surface area (Å²) < 4.78 is 37.9. The van der Waals surface area contributed by atoms with E-state index in [0.717, 1.165) is 0 Å². The molecule has 2 fully saturated rings. The molecular formula is C12H18F3NO2. The van der Waals surface area contributed by atoms with E-state index in [0.29, 0.717) is 12.8 Å². The Bertz CT molecular complexity index is 333. The van der Waals surface area contributed by atoms with Gasteiger partial charge in [-0.25, -0.2) is 0 Å². The predicted molar refractivity (Wildman–Crippen MR) is 58.7 cm³/mol. The average molecular weight is 265 g/mol. The molecule has 2 atom stereocenters. The summed E-state index contributed by atoms with van der Waals surface area (Å²) in [5, 5.41) is 9.54. The van der Waals surface area contributed by atoms with Gasteiger partial charge in [0.1, 0.15) is 0 Å². The number of aliphatic hydroxyl groups is 1. The summed E-state index contributed by atoms with van der Waals surface area (Å²) in [4.78, 5) is 13.4. The molecule has 2 rings (SSSR count). The Balaban J connectivity index is 1.91. The Kier molecular flexibility index (Phi) is 3.34. The van der Waals surface area contributed by atoms with E-state index < -0.39 is 23.6 Å². The molecule has 1 heterocycles. The molecule has 2 unspecified atom stereocenters. The minimum Gasteiger partial charge on any atom is -0.386 e. The molecule has 2 aliphatic rings. The number of amides is 1. The van der Waals surface area contributed by atoms with Crippen molar-refractivity contribution in [2.75, 3.05) is 13.1 Å². The van der Waals surface area contributed by atoms with Gasteiger partial charge in [0.25, 0.3) is 0 Å². The van der Waals surface area contributed by atoms with Crippen LogP contribution in [0.2, 0.25) is 0 Å². The number of rotatable bonds is 1. The molecule has 18 heavy (non-hydrogen) atoms. The van der Waals surface area contributed by atoms with Crippen molar-refractivity contribution < 1.29 is 23.1 Å². The van der Waals surface area contributed by atoms with Crippen molar-refractivity contribution >= 4 is 5.91 Å². The number of hydrogen-bond donors (Lipinski definition) is 1. The highest BCUT2D eigenvalue weighted by atomic mass is 19.4. The number of hydrogen-bond acceptors (Lipinski definition) is 2. The molecular weight excluding hydrogens is 247 g/mol. The van der Waals surface area contributed by atoms with Crippen LogP contribution in [0.3, 0.4) is 0 Å². The molecule has 1 aliphatic heterocycles. The van der Waals surface area contributed by atoms with Crippen LogP contribution in [0.25, 0.3) is 0 Å². The fourth-order valence-corrected chi connectivity index (χ4v) is 2.90. The zero-order valence-electron chi connectivity index (χ0n) is 10.3. The van der Waals surface area contributed by atoms with E-state index >= 15 is 0 Å². The number of likely N-dealkylation sites (tertiary alicyclic amines) is 1. The van der Waals surface area contributed by atoms with Crippen LogP contribution in [-0.2, 0) is 4.79 Å². The van der Waals surface area contributed by atoms with E-state index in [4.69, 9.17) is 0 Å². The minimum atomic E-state index is -4.20. The summed E-state index contributed by atoms with van der Waals surface area (Å²) in [5.41, 5.74) is -0.867. The molecule has 3 nitrogen and oxygen atoms in total. The van der Waals surface area contributed by atoms with Gasteiger partial charge in [0.05, 0.1) is 24.6 Å². The van der Waals surface area contributed by atoms with Gasteiger partial charge in [-0.2, -0.15) is 13.2 Å². The Hall–Kier alpha value is -0.780. The number of carbonyl (C=O) groups is 1. The molecule has 1 saturated carbocycles. The number of nitrogens with zero attached hydrogens (tertiary/aromatic N) is 1. The number of carbonyl (C=O) groups excluding carboxylic acids is 1. The smallest absolute Gasteiger partial charge is 0.386 e. The molecule has 1 N–H and O–H groups in total. The predicted octanol–water partition coefficient (Wildman–Crippen LogP) is 1.95. The number of β-amino-alcohol motifs (C(OH)–C–C–N with tert-alkyl or cyclic N) is 1. The van der Waals surface area contributed by atoms with Crippen LogP contribution in [0.5, 0.6) is 0 Å². The molecule has 0 bridgehead atoms. The van der Waals surface area contributed by atoms with E-state index in [1.165, 1.54) is 4.90 Å². The van der Waals surface area contributed by atoms with Crippen molar-refractivity contribution in [2.45, 2.75) is 44.4 Å². The van der Waals surface area contributed by atoms with Crippen LogP contribution < -0.4 is 0 Å². The fraction of sp³-hybridized carbons (Fsp3) is 0.917. The second-order valence-corrected chi connectivity index (χ2v) is 5.79. The van der Waals surface area contributed by atoms with Gasteiger partial charge in [-0.1, -0.05) is 6.42 Å². The Morgan fingerprint density at radius 1 is 1.33 bits per heavy atom. The zero-order chi connectivity index (χ0) is 13.6. The second kappa shape index (κ2) is 4.40. The third-order valence-electron chi connectivity index (χ3n) is 3.86. The minimum absolute atomic E-state index is 0.0963. The highest BCUT2D eigenvalue weighted by molar-refractivity contribution is 5.80. The summed E-state index contributed by atoms with van der Waals surface area (Å²) >= 11 is 0. The van der Waals surface area contributed by atoms with Crippen LogP contribution in [0.4, 0.5) is 13.2 Å². The van der Waals surface area contributed by atoms with Gasteiger partial charge >= 0.3 is 6.18 Å². The van der Waals surface area contributed by atoms with Gasteiger partial charge in [0.2, 0.25) is 5.91 Å². The molecule has 1 saturated heterocycles. The van der Waals surface area contributed by atoms with Crippen molar-refractivity contribution in [2.24, 2.45) is 11.8 Å². The average Bonchev–Trinajstić information content (AvgIpc) is 2.24. The highest BCUT2D eigenvalue weighted by Gasteiger charge is 2.46. The SMILES string of the molecule is CC1(O)CN(C(=O)C2CCCC(C(F)(F)F)C2)C1. The normalized spacial score (nSPS) is 31.9. The zero-order valence-corrected chi connectivity index (χ0v) is 10.3. The maximum atomic E-state index is 12.6. The van der Waals surface area contributed by atoms with E-state index in [9.17, 15) is 23.1 Å². The molecule has 1 aliphatic carbocycles. The molecule has 0 aromatic heterocycles. The first-order valence-electron chi connectivity index (χ1n) is 6.27. The van der Waals surface area contributed by atoms with E-state index in [1.807, 2.05) is 0 Å². The maximum absolute atomic E-state index is 12.6. The van der Waals surface area contributed by atoms with Gasteiger partial charge in [0.15, 0.2) is 0 Å². The number of alkyl halides is 3. The first-order valence-corrected chi connectivity index (χ1v) is 6.27. The summed E-state index contributed by atoms with van der Waals surface area (Å²) in [6.07, 6.45) is -3.18. The highest BCUT2D eigenvalue weighted by Crippen LogP contribution is 2.41. The third-order valence-corrected chi connectivity index (χ3v) is 3.86. The van der Waals surface area contributed by atoms with Crippen molar-refractivity contribution in [3.63, 3.8) is 0 Å². The number of halogens is 3. The van der Waals surface area contributed by atoms with Crippen molar-refractivity contribution in [3.8, 4) is 0 Å². The molecule has 0 aromatic carbocycles. The lowest BCUT2D eigenvalue weighted by Crippen LogP contribution is -2.63. The first kappa shape index (κ1) is 13.6. The Morgan fingerprint density at radius 3 is 2.44 bits per heavy atom. The lowest BCUT2D eigenvalue weighted by atomic mass is 9.79. The van der Waals surface area contributed by atoms with Crippen LogP contribution >= 0.6 is 0 Å². The Morgan fingerprint density at radius 2 is 1.94 bits per heavy atom. The fourth-order valence-electron chi connectivity index (χ4n) is 2.90. The summed E-state index contributed by atoms with van der Waals surface area (Å²) in [6, 6.07) is 0. The second-order valence-electron chi connectivity index (χ2n) is 5.79. The molecule has 0 radical (unpaired) electrons. The third kappa shape index (κ3) is 2.79. The monoisotopic (exact) mass is 265 g/mol. The van der Waals surface area contributed by atoms with E-state index in [-0.39, 0.29) is 31.8 Å². The quantitative estimate of drug-likeness (QED) is 0.787. The van der Waals surface area contributed by atoms with Crippen LogP contribution in [0.1, 0.15) is 32.6 Å². The van der Waals surface area contributed by atoms with Gasteiger partial charge in [-0.05, 0) is 26.2 Å². The van der Waals surface area contributed by atoms with E-state index in [1.54, 1.807) is 6.92 Å². The molecule has 0 spiro atoms. The molecule has 1 amide bonds. The lowest BCUT2D eigenvalue weighted by Gasteiger charge is -2.46. The first-order chi connectivity index (χ1) is 8.19. The van der Waals surface area contributed by atoms with Crippen LogP contribution in [0.15, 0.2) is 0 Å². The van der Waals surface area contributed by atoms with Crippen LogP contribution in [-0.4, -0.2) is 40.8 Å². The summed E-state index contributed by atoms with van der Waals surface area (Å²) in [7, 11) is 0. The Labute approximate surface area is 104 Å². The van der Waals surface area contributed by atoms with Crippen molar-refractivity contribution in [1.82, 2.24) is 4.90 Å². The summed E-state index contributed by atoms with van der Waals surface area (Å²) in [6.45, 7) is 2.09. The lowest BCUT2D eigenvalue weighted by molar-refractivity contribution is -0.189. The largest absolute Gasteiger partial charge is 0.391 e. The maximum Gasteiger partial charge on any atom is 0.391 e. The van der Waals surface area contributed by atoms with Gasteiger partial charge in [-0.3, -0.25) is 4.79 Å². The molecule has 0 aromatic rings. The van der Waals surface area contributed by atoms with Gasteiger partial charge < -0.3 is 10.0 Å². The van der Waals surface area contributed by atoms with E-state index in [2.05, 4.69) is 0 Å². The topological polar surface area (TPSA) is 40.5 Å². The van der Waals surface area contributed by atoms with Crippen molar-refractivity contribution in [3.05, 3.63) is 0 Å². The standard InChI is InChI=1S/C12H18F3NO2/c1-11(18)6-16(7-11)10(17)8-3-2-4-9(5-8)12(13,14)15/h8-9,18H,2-7H2,1H3. The van der Waals surface area contributed by atoms with Crippen LogP contribution in [0, 0.1) is 11.8 Å². The molecule has 104 valence electrons. The van der Waals surface area contributed by atoms with Gasteiger partial charge in [-0.15, -0.1) is 0 Å². The molecule has 6 heteroatoms. The van der Waals surface area contributed by atoms with Crippen molar-refractivity contribution in [1.29, 1.82) is 0 Å².